The van der Waals surface area contributed by atoms with Crippen molar-refractivity contribution in [1.82, 2.24) is 19.9 Å². The van der Waals surface area contributed by atoms with Crippen LogP contribution >= 0.6 is 0 Å². The van der Waals surface area contributed by atoms with Crippen molar-refractivity contribution < 1.29 is 24.2 Å². The van der Waals surface area contributed by atoms with Crippen LogP contribution in [0, 0.1) is 25.7 Å². The number of aliphatic carboxylic acids is 1. The third-order valence-corrected chi connectivity index (χ3v) is 10.2. The van der Waals surface area contributed by atoms with Crippen LogP contribution in [-0.4, -0.2) is 49.9 Å². The van der Waals surface area contributed by atoms with Gasteiger partial charge in [-0.05, 0) is 80.0 Å². The average molecular weight is 647 g/mol. The Morgan fingerprint density at radius 1 is 1.00 bits per heavy atom. The van der Waals surface area contributed by atoms with Gasteiger partial charge in [0.25, 0.3) is 0 Å². The highest BCUT2D eigenvalue weighted by atomic mass is 16.5. The molecule has 3 aliphatic rings. The van der Waals surface area contributed by atoms with Crippen LogP contribution < -0.4 is 0 Å². The number of esters is 1. The van der Waals surface area contributed by atoms with Crippen molar-refractivity contribution in [3.8, 4) is 11.8 Å². The Morgan fingerprint density at radius 2 is 1.73 bits per heavy atom. The first-order valence-electron chi connectivity index (χ1n) is 16.8. The van der Waals surface area contributed by atoms with Crippen LogP contribution in [0.1, 0.15) is 133 Å². The number of carboxylic acid groups (broad SMARTS) is 1. The summed E-state index contributed by atoms with van der Waals surface area (Å²) < 4.78 is 5.14. The first kappa shape index (κ1) is 33.0. The van der Waals surface area contributed by atoms with Crippen LogP contribution in [0.3, 0.4) is 0 Å². The summed E-state index contributed by atoms with van der Waals surface area (Å²) in [7, 11) is 1.38. The number of nitrogens with zero attached hydrogens (tertiary/aromatic N) is 2. The van der Waals surface area contributed by atoms with Crippen LogP contribution in [0.4, 0.5) is 0 Å². The largest absolute Gasteiger partial charge is 0.481 e. The second-order valence-electron chi connectivity index (χ2n) is 13.0. The summed E-state index contributed by atoms with van der Waals surface area (Å²) in [5.41, 5.74) is 14.1. The Morgan fingerprint density at radius 3 is 2.42 bits per heavy atom. The monoisotopic (exact) mass is 646 g/mol. The first-order valence-corrected chi connectivity index (χ1v) is 16.8. The van der Waals surface area contributed by atoms with E-state index >= 15 is 0 Å². The number of allylic oxidation sites excluding steroid dienone is 2. The van der Waals surface area contributed by atoms with Crippen LogP contribution in [0.15, 0.2) is 12.1 Å². The molecule has 0 aromatic carbocycles. The standard InChI is InChI=1S/C39H42N4O5/c1-8-23-19(3)28-17-31-24(9-2)20(4)36(42-31)25(13-11-10-12-14-33(45)46)37-21(5)26(16-34(47)48-7)38(43-37)27-15-32(44)35-22(6)29(41-39(27)35)18-30(23)40-28/h17-18,21,26,41-42H,8-10,12,14-16H2,1-7H3,(H,45,46)/t21-,26?/m0/s1. The van der Waals surface area contributed by atoms with Gasteiger partial charge in [0.05, 0.1) is 52.9 Å². The fourth-order valence-electron chi connectivity index (χ4n) is 7.57. The van der Waals surface area contributed by atoms with Gasteiger partial charge < -0.3 is 19.8 Å². The lowest BCUT2D eigenvalue weighted by molar-refractivity contribution is -0.141. The van der Waals surface area contributed by atoms with Gasteiger partial charge in [0.1, 0.15) is 0 Å². The van der Waals surface area contributed by atoms with E-state index in [-0.39, 0.29) is 42.9 Å². The molecule has 1 unspecified atom stereocenters. The fourth-order valence-corrected chi connectivity index (χ4v) is 7.57. The van der Waals surface area contributed by atoms with Gasteiger partial charge in [-0.1, -0.05) is 32.6 Å². The fraction of sp³-hybridized carbons (Fsp3) is 0.410. The van der Waals surface area contributed by atoms with Gasteiger partial charge in [0, 0.05) is 53.3 Å². The Labute approximate surface area is 280 Å². The number of Topliss-reactive ketones (excluding diaryl/α,β-unsaturated/α-hetero) is 1. The number of methoxy groups -OCH3 is 1. The van der Waals surface area contributed by atoms with E-state index < -0.39 is 5.97 Å². The normalized spacial score (nSPS) is 16.7. The number of unbranched alkanes of at least 4 members (excludes halogenated alkanes) is 1. The van der Waals surface area contributed by atoms with E-state index in [2.05, 4.69) is 55.6 Å². The van der Waals surface area contributed by atoms with Gasteiger partial charge in [0.15, 0.2) is 5.78 Å². The van der Waals surface area contributed by atoms with Gasteiger partial charge in [-0.15, -0.1) is 0 Å². The molecule has 2 aliphatic heterocycles. The highest BCUT2D eigenvalue weighted by molar-refractivity contribution is 6.13. The summed E-state index contributed by atoms with van der Waals surface area (Å²) >= 11 is 0. The summed E-state index contributed by atoms with van der Waals surface area (Å²) in [6, 6.07) is 4.16. The second-order valence-corrected chi connectivity index (χ2v) is 13.0. The first-order chi connectivity index (χ1) is 23.0. The number of ether oxygens (including phenoxy) is 1. The Bertz CT molecular complexity index is 2150. The zero-order chi connectivity index (χ0) is 34.4. The van der Waals surface area contributed by atoms with E-state index in [0.29, 0.717) is 29.7 Å². The van der Waals surface area contributed by atoms with Crippen molar-refractivity contribution in [2.24, 2.45) is 0 Å². The molecule has 0 saturated carbocycles. The Balaban J connectivity index is 1.79. The van der Waals surface area contributed by atoms with Crippen LogP contribution in [0.2, 0.25) is 0 Å². The Hall–Kier alpha value is -4.97. The highest BCUT2D eigenvalue weighted by Gasteiger charge is 2.38. The minimum Gasteiger partial charge on any atom is -0.481 e. The molecule has 6 rings (SSSR count). The molecule has 248 valence electrons. The predicted molar refractivity (Wildman–Crippen MR) is 187 cm³/mol. The summed E-state index contributed by atoms with van der Waals surface area (Å²) in [6.07, 6.45) is 2.76. The van der Waals surface area contributed by atoms with Crippen molar-refractivity contribution in [3.63, 3.8) is 0 Å². The molecule has 8 bridgehead atoms. The number of fused-ring (bicyclic) bond motifs is 8. The zero-order valence-electron chi connectivity index (χ0n) is 28.7. The molecule has 3 aromatic rings. The van der Waals surface area contributed by atoms with Crippen molar-refractivity contribution in [2.45, 2.75) is 98.3 Å². The molecule has 5 heterocycles. The van der Waals surface area contributed by atoms with E-state index in [1.54, 1.807) is 0 Å². The van der Waals surface area contributed by atoms with Crippen molar-refractivity contribution >= 4 is 50.9 Å². The van der Waals surface area contributed by atoms with E-state index in [1.807, 2.05) is 19.9 Å². The van der Waals surface area contributed by atoms with E-state index in [0.717, 1.165) is 85.4 Å². The van der Waals surface area contributed by atoms with E-state index in [4.69, 9.17) is 19.8 Å². The summed E-state index contributed by atoms with van der Waals surface area (Å²) in [5, 5.41) is 9.17. The molecule has 0 radical (unpaired) electrons. The maximum Gasteiger partial charge on any atom is 0.306 e. The summed E-state index contributed by atoms with van der Waals surface area (Å²) in [6.45, 7) is 12.5. The van der Waals surface area contributed by atoms with Gasteiger partial charge in [-0.25, -0.2) is 4.98 Å². The van der Waals surface area contributed by atoms with Gasteiger partial charge in [-0.3, -0.25) is 19.4 Å². The Kier molecular flexibility index (Phi) is 8.86. The highest BCUT2D eigenvalue weighted by Crippen LogP contribution is 2.45. The lowest BCUT2D eigenvalue weighted by atomic mass is 9.85. The number of H-pyrrole nitrogens is 2. The number of aromatic amines is 2. The van der Waals surface area contributed by atoms with Gasteiger partial charge >= 0.3 is 11.9 Å². The zero-order valence-corrected chi connectivity index (χ0v) is 28.7. The molecule has 9 heteroatoms. The lowest BCUT2D eigenvalue weighted by Gasteiger charge is -2.16. The number of rotatable bonds is 7. The van der Waals surface area contributed by atoms with Crippen molar-refractivity contribution in [2.75, 3.05) is 7.11 Å². The van der Waals surface area contributed by atoms with Crippen molar-refractivity contribution in [1.29, 1.82) is 0 Å². The molecular formula is C39H42N4O5. The molecule has 48 heavy (non-hydrogen) atoms. The molecular weight excluding hydrogens is 604 g/mol. The van der Waals surface area contributed by atoms with E-state index in [1.165, 1.54) is 7.11 Å². The molecule has 0 amide bonds. The SMILES string of the molecule is CCC1=C(C)c2cc3[nH]c(c(C)c3CC)c(C#CCCCC(=O)O)c3nc(c4c5[nH]c(cc1n2)c(C)c5C(=O)C4)C(CC(=O)OC)[C@@H]3C. The number of nitrogens with one attached hydrogen (secondary N) is 2. The molecule has 9 nitrogen and oxygen atoms in total. The van der Waals surface area contributed by atoms with Crippen LogP contribution in [-0.2, 0) is 27.2 Å². The van der Waals surface area contributed by atoms with E-state index in [9.17, 15) is 14.4 Å². The quantitative estimate of drug-likeness (QED) is 0.136. The maximum absolute atomic E-state index is 13.6. The second kappa shape index (κ2) is 12.9. The van der Waals surface area contributed by atoms with Crippen molar-refractivity contribution in [3.05, 3.63) is 68.3 Å². The third-order valence-electron chi connectivity index (χ3n) is 10.2. The lowest BCUT2D eigenvalue weighted by Crippen LogP contribution is -2.12. The van der Waals surface area contributed by atoms with Gasteiger partial charge in [0.2, 0.25) is 0 Å². The van der Waals surface area contributed by atoms with Crippen LogP contribution in [0.5, 0.6) is 0 Å². The molecule has 3 aromatic heterocycles. The molecule has 0 saturated heterocycles. The van der Waals surface area contributed by atoms with Crippen LogP contribution in [0.25, 0.3) is 33.2 Å². The smallest absolute Gasteiger partial charge is 0.306 e. The average Bonchev–Trinajstić information content (AvgIpc) is 3.81. The summed E-state index contributed by atoms with van der Waals surface area (Å²) in [5.74, 6) is 4.87. The number of carbonyl (C=O) groups excluding carboxylic acids is 2. The number of aromatic nitrogens is 4. The molecule has 2 atom stereocenters. The molecule has 0 fully saturated rings. The minimum absolute atomic E-state index is 0.0198. The number of carbonyl (C=O) groups is 3. The molecule has 1 aliphatic carbocycles. The third kappa shape index (κ3) is 5.53. The topological polar surface area (TPSA) is 138 Å². The van der Waals surface area contributed by atoms with Gasteiger partial charge in [-0.2, -0.15) is 0 Å². The number of hydrogen-bond acceptors (Lipinski definition) is 6. The predicted octanol–water partition coefficient (Wildman–Crippen LogP) is 7.63. The summed E-state index contributed by atoms with van der Waals surface area (Å²) in [4.78, 5) is 55.3. The maximum atomic E-state index is 13.6. The number of hydrogen-bond donors (Lipinski definition) is 3. The number of ketones is 1. The molecule has 3 N–H and O–H groups in total. The number of carboxylic acids is 1. The minimum atomic E-state index is -0.852. The molecule has 0 spiro atoms. The number of aryl methyl sites for hydroxylation is 3.